The summed E-state index contributed by atoms with van der Waals surface area (Å²) >= 11 is 1.50. The van der Waals surface area contributed by atoms with Gasteiger partial charge in [-0.05, 0) is 76.3 Å². The van der Waals surface area contributed by atoms with Crippen molar-refractivity contribution < 1.29 is 33.4 Å². The van der Waals surface area contributed by atoms with E-state index in [-0.39, 0.29) is 17.5 Å². The van der Waals surface area contributed by atoms with Gasteiger partial charge in [-0.15, -0.1) is 11.8 Å². The molecule has 0 aliphatic carbocycles. The highest BCUT2D eigenvalue weighted by atomic mass is 32.2. The Hall–Kier alpha value is -2.26. The van der Waals surface area contributed by atoms with E-state index in [9.17, 15) is 19.2 Å². The SMILES string of the molecule is CCC1OC(=O)C(C)C(=O)C(C)CC(C)(OC)CC(C)C(=O)C(C)C2C(SCCCc3ccncc3)C(=O)OC12C. The number of nitrogens with zero attached hydrogens (tertiary/aromatic N) is 1. The number of cyclic esters (lactones) is 1. The lowest BCUT2D eigenvalue weighted by Gasteiger charge is -2.41. The first kappa shape index (κ1) is 33.2. The predicted octanol–water partition coefficient (Wildman–Crippen LogP) is 5.25. The van der Waals surface area contributed by atoms with E-state index in [0.717, 1.165) is 12.8 Å². The largest absolute Gasteiger partial charge is 0.458 e. The van der Waals surface area contributed by atoms with E-state index in [2.05, 4.69) is 4.98 Å². The van der Waals surface area contributed by atoms with E-state index < -0.39 is 58.2 Å². The highest BCUT2D eigenvalue weighted by Gasteiger charge is 2.61. The third-order valence-electron chi connectivity index (χ3n) is 9.17. The number of esters is 2. The molecule has 9 heteroatoms. The molecule has 2 aliphatic rings. The second-order valence-corrected chi connectivity index (χ2v) is 13.6. The van der Waals surface area contributed by atoms with Crippen LogP contribution in [-0.2, 0) is 39.8 Å². The van der Waals surface area contributed by atoms with Crippen LogP contribution in [0.1, 0.15) is 79.7 Å². The van der Waals surface area contributed by atoms with Crippen LogP contribution in [0.3, 0.4) is 0 Å². The van der Waals surface area contributed by atoms with Crippen molar-refractivity contribution in [3.05, 3.63) is 30.1 Å². The van der Waals surface area contributed by atoms with Crippen molar-refractivity contribution in [3.63, 3.8) is 0 Å². The van der Waals surface area contributed by atoms with E-state index in [0.29, 0.717) is 25.0 Å². The average molecular weight is 590 g/mol. The van der Waals surface area contributed by atoms with Crippen LogP contribution < -0.4 is 0 Å². The molecule has 8 nitrogen and oxygen atoms in total. The van der Waals surface area contributed by atoms with Crippen LogP contribution in [0.5, 0.6) is 0 Å². The van der Waals surface area contributed by atoms with Crippen molar-refractivity contribution in [2.75, 3.05) is 12.9 Å². The standard InChI is InChI=1S/C32H47NO7S/c1-9-24-32(7)25(28(30(37)40-32)41-16-10-11-23-12-14-33-15-13-23)21(4)26(34)19(2)17-31(6,38-8)18-20(3)27(35)22(5)29(36)39-24/h12-15,19-22,24-25,28H,9-11,16-18H2,1-8H3. The molecule has 3 heterocycles. The Bertz CT molecular complexity index is 1100. The number of carbonyl (C=O) groups excluding carboxylic acids is 4. The molecule has 0 bridgehead atoms. The number of carbonyl (C=O) groups is 4. The van der Waals surface area contributed by atoms with Crippen LogP contribution in [-0.4, -0.2) is 63.9 Å². The van der Waals surface area contributed by atoms with Gasteiger partial charge in [0, 0.05) is 43.2 Å². The topological polar surface area (TPSA) is 109 Å². The van der Waals surface area contributed by atoms with Crippen LogP contribution in [0.4, 0.5) is 0 Å². The number of aromatic nitrogens is 1. The second kappa shape index (κ2) is 13.8. The fourth-order valence-electron chi connectivity index (χ4n) is 6.80. The maximum Gasteiger partial charge on any atom is 0.320 e. The number of aryl methyl sites for hydroxylation is 1. The van der Waals surface area contributed by atoms with Gasteiger partial charge < -0.3 is 14.2 Å². The Morgan fingerprint density at radius 2 is 1.59 bits per heavy atom. The van der Waals surface area contributed by atoms with Crippen molar-refractivity contribution in [1.82, 2.24) is 4.98 Å². The molecule has 228 valence electrons. The molecule has 41 heavy (non-hydrogen) atoms. The summed E-state index contributed by atoms with van der Waals surface area (Å²) in [6, 6.07) is 3.96. The summed E-state index contributed by atoms with van der Waals surface area (Å²) < 4.78 is 17.9. The zero-order valence-electron chi connectivity index (χ0n) is 25.8. The number of rotatable bonds is 7. The molecule has 2 fully saturated rings. The van der Waals surface area contributed by atoms with Gasteiger partial charge in [-0.25, -0.2) is 0 Å². The van der Waals surface area contributed by atoms with E-state index >= 15 is 0 Å². The molecule has 0 spiro atoms. The first-order chi connectivity index (χ1) is 19.3. The van der Waals surface area contributed by atoms with Gasteiger partial charge in [0.25, 0.3) is 0 Å². The zero-order chi connectivity index (χ0) is 30.5. The Kier molecular flexibility index (Phi) is 11.2. The van der Waals surface area contributed by atoms with Crippen molar-refractivity contribution in [2.24, 2.45) is 29.6 Å². The lowest BCUT2D eigenvalue weighted by Crippen LogP contribution is -2.53. The van der Waals surface area contributed by atoms with Gasteiger partial charge in [0.15, 0.2) is 5.60 Å². The number of pyridine rings is 1. The number of ether oxygens (including phenoxy) is 3. The summed E-state index contributed by atoms with van der Waals surface area (Å²) in [5, 5.41) is -0.586. The molecule has 9 atom stereocenters. The van der Waals surface area contributed by atoms with Gasteiger partial charge in [0.1, 0.15) is 28.8 Å². The second-order valence-electron chi connectivity index (χ2n) is 12.4. The molecular weight excluding hydrogens is 542 g/mol. The highest BCUT2D eigenvalue weighted by Crippen LogP contribution is 2.48. The Morgan fingerprint density at radius 3 is 2.17 bits per heavy atom. The summed E-state index contributed by atoms with van der Waals surface area (Å²) in [5.74, 6) is -3.42. The lowest BCUT2D eigenvalue weighted by molar-refractivity contribution is -0.183. The Labute approximate surface area is 249 Å². The van der Waals surface area contributed by atoms with Crippen LogP contribution in [0.2, 0.25) is 0 Å². The van der Waals surface area contributed by atoms with Crippen molar-refractivity contribution in [3.8, 4) is 0 Å². The van der Waals surface area contributed by atoms with Crippen LogP contribution >= 0.6 is 11.8 Å². The average Bonchev–Trinajstić information content (AvgIpc) is 3.21. The third kappa shape index (κ3) is 7.39. The van der Waals surface area contributed by atoms with E-state index in [1.54, 1.807) is 40.3 Å². The quantitative estimate of drug-likeness (QED) is 0.239. The molecule has 1 aromatic heterocycles. The number of hydrogen-bond donors (Lipinski definition) is 0. The molecule has 9 unspecified atom stereocenters. The highest BCUT2D eigenvalue weighted by molar-refractivity contribution is 8.00. The number of methoxy groups -OCH3 is 1. The number of thioether (sulfide) groups is 1. The molecular formula is C32H47NO7S. The summed E-state index contributed by atoms with van der Waals surface area (Å²) in [4.78, 5) is 58.1. The summed E-state index contributed by atoms with van der Waals surface area (Å²) in [6.07, 6.45) is 5.60. The third-order valence-corrected chi connectivity index (χ3v) is 10.5. The minimum absolute atomic E-state index is 0.00997. The lowest BCUT2D eigenvalue weighted by atomic mass is 9.70. The van der Waals surface area contributed by atoms with Crippen molar-refractivity contribution >= 4 is 35.3 Å². The van der Waals surface area contributed by atoms with E-state index in [4.69, 9.17) is 14.2 Å². The van der Waals surface area contributed by atoms with Gasteiger partial charge in [-0.1, -0.05) is 27.7 Å². The van der Waals surface area contributed by atoms with Crippen molar-refractivity contribution in [2.45, 2.75) is 103 Å². The van der Waals surface area contributed by atoms with Gasteiger partial charge in [-0.3, -0.25) is 24.2 Å². The van der Waals surface area contributed by atoms with Gasteiger partial charge in [0.05, 0.1) is 5.60 Å². The molecule has 3 rings (SSSR count). The fourth-order valence-corrected chi connectivity index (χ4v) is 8.26. The number of Topliss-reactive ketones (excluding diaryl/α,β-unsaturated/α-hetero) is 2. The summed E-state index contributed by atoms with van der Waals surface area (Å²) in [6.45, 7) is 12.7. The first-order valence-corrected chi connectivity index (χ1v) is 15.9. The van der Waals surface area contributed by atoms with E-state index in [1.165, 1.54) is 17.3 Å². The Morgan fingerprint density at radius 1 is 0.976 bits per heavy atom. The van der Waals surface area contributed by atoms with Crippen LogP contribution in [0, 0.1) is 29.6 Å². The molecule has 0 aromatic carbocycles. The fraction of sp³-hybridized carbons (Fsp3) is 0.719. The minimum Gasteiger partial charge on any atom is -0.458 e. The van der Waals surface area contributed by atoms with Crippen LogP contribution in [0.15, 0.2) is 24.5 Å². The summed E-state index contributed by atoms with van der Waals surface area (Å²) in [7, 11) is 1.59. The smallest absolute Gasteiger partial charge is 0.320 e. The molecule has 2 aliphatic heterocycles. The first-order valence-electron chi connectivity index (χ1n) is 14.8. The van der Waals surface area contributed by atoms with Gasteiger partial charge in [-0.2, -0.15) is 0 Å². The summed E-state index contributed by atoms with van der Waals surface area (Å²) in [5.41, 5.74) is -0.787. The van der Waals surface area contributed by atoms with E-state index in [1.807, 2.05) is 39.8 Å². The maximum absolute atomic E-state index is 14.0. The van der Waals surface area contributed by atoms with Gasteiger partial charge >= 0.3 is 11.9 Å². The molecule has 1 aromatic rings. The molecule has 2 saturated heterocycles. The molecule has 0 amide bonds. The van der Waals surface area contributed by atoms with Gasteiger partial charge in [0.2, 0.25) is 0 Å². The monoisotopic (exact) mass is 589 g/mol. The number of fused-ring (bicyclic) bond motifs is 1. The number of hydrogen-bond acceptors (Lipinski definition) is 9. The maximum atomic E-state index is 14.0. The Balaban J connectivity index is 1.96. The predicted molar refractivity (Wildman–Crippen MR) is 158 cm³/mol. The molecule has 0 radical (unpaired) electrons. The zero-order valence-corrected chi connectivity index (χ0v) is 26.6. The molecule has 0 saturated carbocycles. The number of ketones is 2. The normalized spacial score (nSPS) is 37.2. The minimum atomic E-state index is -1.22. The van der Waals surface area contributed by atoms with Crippen molar-refractivity contribution in [1.29, 1.82) is 0 Å². The van der Waals surface area contributed by atoms with Crippen LogP contribution in [0.25, 0.3) is 0 Å². The molecule has 0 N–H and O–H groups in total.